The Labute approximate surface area is 133 Å². The van der Waals surface area contributed by atoms with Crippen LogP contribution in [0, 0.1) is 27.7 Å². The number of hydrogen-bond acceptors (Lipinski definition) is 5. The van der Waals surface area contributed by atoms with Crippen molar-refractivity contribution in [3.63, 3.8) is 0 Å². The van der Waals surface area contributed by atoms with Crippen molar-refractivity contribution in [1.29, 1.82) is 0 Å². The van der Waals surface area contributed by atoms with Gasteiger partial charge in [-0.15, -0.1) is 0 Å². The van der Waals surface area contributed by atoms with Gasteiger partial charge in [0.05, 0.1) is 19.3 Å². The highest BCUT2D eigenvalue weighted by Crippen LogP contribution is 2.24. The molecule has 0 unspecified atom stereocenters. The molecule has 0 amide bonds. The summed E-state index contributed by atoms with van der Waals surface area (Å²) in [6.45, 7) is 7.93. The van der Waals surface area contributed by atoms with Gasteiger partial charge in [0, 0.05) is 22.9 Å². The maximum absolute atomic E-state index is 12.7. The molecule has 0 saturated heterocycles. The molecule has 0 spiro atoms. The van der Waals surface area contributed by atoms with E-state index in [9.17, 15) is 4.79 Å². The van der Waals surface area contributed by atoms with Gasteiger partial charge < -0.3 is 9.15 Å². The van der Waals surface area contributed by atoms with E-state index in [1.165, 1.54) is 6.33 Å². The van der Waals surface area contributed by atoms with Crippen LogP contribution < -0.4 is 10.3 Å². The number of ether oxygens (including phenoxy) is 1. The van der Waals surface area contributed by atoms with Gasteiger partial charge in [0.15, 0.2) is 0 Å². The number of nitrogens with zero attached hydrogens (tertiary/aromatic N) is 3. The number of pyridine rings is 1. The molecule has 23 heavy (non-hydrogen) atoms. The highest BCUT2D eigenvalue weighted by molar-refractivity contribution is 5.77. The minimum absolute atomic E-state index is 0.120. The number of rotatable bonds is 3. The third-order valence-corrected chi connectivity index (χ3v) is 4.23. The summed E-state index contributed by atoms with van der Waals surface area (Å²) in [5, 5.41) is 0.529. The monoisotopic (exact) mass is 313 g/mol. The summed E-state index contributed by atoms with van der Waals surface area (Å²) in [4.78, 5) is 21.4. The van der Waals surface area contributed by atoms with Crippen LogP contribution in [0.15, 0.2) is 21.7 Å². The van der Waals surface area contributed by atoms with Crippen LogP contribution in [0.5, 0.6) is 5.75 Å². The molecule has 6 nitrogen and oxygen atoms in total. The van der Waals surface area contributed by atoms with Gasteiger partial charge in [-0.2, -0.15) is 0 Å². The molecule has 0 aliphatic heterocycles. The van der Waals surface area contributed by atoms with Crippen LogP contribution >= 0.6 is 0 Å². The standard InChI is InChI=1S/C17H19N3O3/c1-9-6-18-13(11(3)15(9)22-5)7-20-8-19-16-14(17(20)21)10(2)12(4)23-16/h6,8H,7H2,1-5H3. The van der Waals surface area contributed by atoms with E-state index in [0.717, 1.165) is 28.1 Å². The highest BCUT2D eigenvalue weighted by atomic mass is 16.5. The van der Waals surface area contributed by atoms with E-state index in [0.29, 0.717) is 23.4 Å². The lowest BCUT2D eigenvalue weighted by molar-refractivity contribution is 0.406. The van der Waals surface area contributed by atoms with Crippen molar-refractivity contribution in [2.75, 3.05) is 7.11 Å². The number of aryl methyl sites for hydroxylation is 3. The van der Waals surface area contributed by atoms with Crippen LogP contribution in [-0.2, 0) is 6.54 Å². The molecular formula is C17H19N3O3. The van der Waals surface area contributed by atoms with Crippen LogP contribution in [-0.4, -0.2) is 21.6 Å². The van der Waals surface area contributed by atoms with Crippen LogP contribution in [0.3, 0.4) is 0 Å². The maximum Gasteiger partial charge on any atom is 0.265 e. The fraction of sp³-hybridized carbons (Fsp3) is 0.353. The molecule has 0 radical (unpaired) electrons. The summed E-state index contributed by atoms with van der Waals surface area (Å²) >= 11 is 0. The van der Waals surface area contributed by atoms with E-state index in [1.54, 1.807) is 17.9 Å². The Balaban J connectivity index is 2.11. The zero-order chi connectivity index (χ0) is 16.7. The molecule has 0 aliphatic carbocycles. The first-order chi connectivity index (χ1) is 10.9. The minimum atomic E-state index is -0.120. The van der Waals surface area contributed by atoms with Crippen LogP contribution in [0.1, 0.15) is 28.1 Å². The molecule has 0 N–H and O–H groups in total. The van der Waals surface area contributed by atoms with Gasteiger partial charge in [-0.3, -0.25) is 14.3 Å². The zero-order valence-corrected chi connectivity index (χ0v) is 13.9. The van der Waals surface area contributed by atoms with E-state index in [1.807, 2.05) is 27.7 Å². The zero-order valence-electron chi connectivity index (χ0n) is 13.9. The lowest BCUT2D eigenvalue weighted by Gasteiger charge is -2.13. The summed E-state index contributed by atoms with van der Waals surface area (Å²) in [6, 6.07) is 0. The summed E-state index contributed by atoms with van der Waals surface area (Å²) in [5.74, 6) is 1.51. The van der Waals surface area contributed by atoms with Gasteiger partial charge in [0.1, 0.15) is 23.2 Å². The average Bonchev–Trinajstić information content (AvgIpc) is 2.81. The van der Waals surface area contributed by atoms with E-state index < -0.39 is 0 Å². The molecule has 0 fully saturated rings. The number of aromatic nitrogens is 3. The second-order valence-corrected chi connectivity index (χ2v) is 5.69. The normalized spacial score (nSPS) is 11.2. The van der Waals surface area contributed by atoms with E-state index in [4.69, 9.17) is 9.15 Å². The van der Waals surface area contributed by atoms with E-state index in [2.05, 4.69) is 9.97 Å². The first-order valence-electron chi connectivity index (χ1n) is 7.38. The number of hydrogen-bond donors (Lipinski definition) is 0. The summed E-state index contributed by atoms with van der Waals surface area (Å²) in [5.41, 5.74) is 3.78. The molecule has 6 heteroatoms. The molecule has 0 aromatic carbocycles. The average molecular weight is 313 g/mol. The van der Waals surface area contributed by atoms with E-state index in [-0.39, 0.29) is 5.56 Å². The summed E-state index contributed by atoms with van der Waals surface area (Å²) < 4.78 is 12.5. The fourth-order valence-electron chi connectivity index (χ4n) is 2.77. The van der Waals surface area contributed by atoms with Crippen LogP contribution in [0.4, 0.5) is 0 Å². The number of methoxy groups -OCH3 is 1. The van der Waals surface area contributed by atoms with Gasteiger partial charge in [-0.25, -0.2) is 4.98 Å². The molecule has 120 valence electrons. The molecule has 0 atom stereocenters. The predicted octanol–water partition coefficient (Wildman–Crippen LogP) is 2.68. The Morgan fingerprint density at radius 1 is 1.17 bits per heavy atom. The maximum atomic E-state index is 12.7. The van der Waals surface area contributed by atoms with Crippen LogP contribution in [0.25, 0.3) is 11.1 Å². The van der Waals surface area contributed by atoms with Gasteiger partial charge in [-0.1, -0.05) is 0 Å². The van der Waals surface area contributed by atoms with Crippen molar-refractivity contribution in [3.05, 3.63) is 51.0 Å². The molecule has 3 aromatic rings. The van der Waals surface area contributed by atoms with Crippen molar-refractivity contribution in [2.24, 2.45) is 0 Å². The largest absolute Gasteiger partial charge is 0.496 e. The Kier molecular flexibility index (Phi) is 3.67. The molecular weight excluding hydrogens is 294 g/mol. The second-order valence-electron chi connectivity index (χ2n) is 5.69. The Bertz CT molecular complexity index is 954. The van der Waals surface area contributed by atoms with E-state index >= 15 is 0 Å². The smallest absolute Gasteiger partial charge is 0.265 e. The molecule has 3 heterocycles. The Morgan fingerprint density at radius 3 is 2.61 bits per heavy atom. The Morgan fingerprint density at radius 2 is 1.91 bits per heavy atom. The predicted molar refractivity (Wildman–Crippen MR) is 87.1 cm³/mol. The van der Waals surface area contributed by atoms with Crippen molar-refractivity contribution < 1.29 is 9.15 Å². The molecule has 0 aliphatic rings. The van der Waals surface area contributed by atoms with Gasteiger partial charge in [0.2, 0.25) is 5.71 Å². The number of fused-ring (bicyclic) bond motifs is 1. The quantitative estimate of drug-likeness (QED) is 0.743. The lowest BCUT2D eigenvalue weighted by atomic mass is 10.1. The third-order valence-electron chi connectivity index (χ3n) is 4.23. The second kappa shape index (κ2) is 5.53. The van der Waals surface area contributed by atoms with Gasteiger partial charge in [-0.05, 0) is 27.7 Å². The molecule has 0 saturated carbocycles. The van der Waals surface area contributed by atoms with Gasteiger partial charge in [0.25, 0.3) is 5.56 Å². The van der Waals surface area contributed by atoms with Gasteiger partial charge >= 0.3 is 0 Å². The Hall–Kier alpha value is -2.63. The van der Waals surface area contributed by atoms with Crippen molar-refractivity contribution >= 4 is 11.1 Å². The lowest BCUT2D eigenvalue weighted by Crippen LogP contribution is -2.22. The van der Waals surface area contributed by atoms with Crippen molar-refractivity contribution in [1.82, 2.24) is 14.5 Å². The SMILES string of the molecule is COc1c(C)cnc(Cn2cnc3oc(C)c(C)c3c2=O)c1C. The fourth-order valence-corrected chi connectivity index (χ4v) is 2.77. The first-order valence-corrected chi connectivity index (χ1v) is 7.38. The third kappa shape index (κ3) is 2.40. The topological polar surface area (TPSA) is 70.2 Å². The number of furan rings is 1. The summed E-state index contributed by atoms with van der Waals surface area (Å²) in [6.07, 6.45) is 3.26. The molecule has 3 rings (SSSR count). The highest BCUT2D eigenvalue weighted by Gasteiger charge is 2.15. The summed E-state index contributed by atoms with van der Waals surface area (Å²) in [7, 11) is 1.64. The van der Waals surface area contributed by atoms with Crippen LogP contribution in [0.2, 0.25) is 0 Å². The van der Waals surface area contributed by atoms with Crippen molar-refractivity contribution in [3.8, 4) is 5.75 Å². The van der Waals surface area contributed by atoms with Crippen molar-refractivity contribution in [2.45, 2.75) is 34.2 Å². The molecule has 3 aromatic heterocycles. The first kappa shape index (κ1) is 15.3. The molecule has 0 bridgehead atoms. The minimum Gasteiger partial charge on any atom is -0.496 e.